The summed E-state index contributed by atoms with van der Waals surface area (Å²) in [5.41, 5.74) is 1.26. The SMILES string of the molecule is CN(C)C(=O)Oc1cccc([C@@H]2CC[C@H]3CCCC[C@@H]3N2C)c1. The third-order valence-electron chi connectivity index (χ3n) is 5.51. The van der Waals surface area contributed by atoms with E-state index in [9.17, 15) is 4.79 Å². The van der Waals surface area contributed by atoms with Crippen molar-refractivity contribution in [3.05, 3.63) is 29.8 Å². The normalized spacial score (nSPS) is 28.0. The molecule has 0 aromatic heterocycles. The summed E-state index contributed by atoms with van der Waals surface area (Å²) in [6, 6.07) is 9.21. The lowest BCUT2D eigenvalue weighted by atomic mass is 9.75. The number of benzene rings is 1. The molecule has 0 radical (unpaired) electrons. The summed E-state index contributed by atoms with van der Waals surface area (Å²) < 4.78 is 5.42. The number of nitrogens with zero attached hydrogens (tertiary/aromatic N) is 2. The Bertz CT molecular complexity index is 558. The van der Waals surface area contributed by atoms with E-state index in [1.54, 1.807) is 14.1 Å². The zero-order valence-electron chi connectivity index (χ0n) is 14.5. The fourth-order valence-corrected chi connectivity index (χ4v) is 4.25. The molecular weight excluding hydrogens is 288 g/mol. The van der Waals surface area contributed by atoms with Crippen molar-refractivity contribution in [3.8, 4) is 5.75 Å². The molecule has 23 heavy (non-hydrogen) atoms. The van der Waals surface area contributed by atoms with Gasteiger partial charge in [-0.2, -0.15) is 0 Å². The van der Waals surface area contributed by atoms with Crippen molar-refractivity contribution >= 4 is 6.09 Å². The number of likely N-dealkylation sites (tertiary alicyclic amines) is 1. The van der Waals surface area contributed by atoms with Gasteiger partial charge in [-0.1, -0.05) is 25.0 Å². The lowest BCUT2D eigenvalue weighted by Gasteiger charge is -2.47. The van der Waals surface area contributed by atoms with E-state index < -0.39 is 0 Å². The largest absolute Gasteiger partial charge is 0.414 e. The summed E-state index contributed by atoms with van der Waals surface area (Å²) in [4.78, 5) is 15.8. The first-order chi connectivity index (χ1) is 11.1. The van der Waals surface area contributed by atoms with Crippen LogP contribution in [0.15, 0.2) is 24.3 Å². The summed E-state index contributed by atoms with van der Waals surface area (Å²) in [6.45, 7) is 0. The van der Waals surface area contributed by atoms with Crippen LogP contribution in [-0.2, 0) is 0 Å². The van der Waals surface area contributed by atoms with Crippen molar-refractivity contribution in [1.82, 2.24) is 9.80 Å². The third-order valence-corrected chi connectivity index (χ3v) is 5.51. The van der Waals surface area contributed by atoms with E-state index in [2.05, 4.69) is 18.0 Å². The second kappa shape index (κ2) is 6.91. The lowest BCUT2D eigenvalue weighted by Crippen LogP contribution is -2.46. The molecule has 126 valence electrons. The van der Waals surface area contributed by atoms with Gasteiger partial charge in [0.15, 0.2) is 0 Å². The average Bonchev–Trinajstić information content (AvgIpc) is 2.55. The first-order valence-corrected chi connectivity index (χ1v) is 8.77. The maximum atomic E-state index is 11.7. The number of carbonyl (C=O) groups excluding carboxylic acids is 1. The highest BCUT2D eigenvalue weighted by molar-refractivity contribution is 5.70. The Balaban J connectivity index is 1.75. The van der Waals surface area contributed by atoms with Crippen molar-refractivity contribution in [3.63, 3.8) is 0 Å². The van der Waals surface area contributed by atoms with E-state index in [1.807, 2.05) is 18.2 Å². The molecular formula is C19H28N2O2. The van der Waals surface area contributed by atoms with Gasteiger partial charge in [0.05, 0.1) is 0 Å². The van der Waals surface area contributed by atoms with Gasteiger partial charge in [-0.15, -0.1) is 0 Å². The minimum absolute atomic E-state index is 0.327. The third kappa shape index (κ3) is 3.52. The van der Waals surface area contributed by atoms with E-state index in [0.29, 0.717) is 11.8 Å². The fraction of sp³-hybridized carbons (Fsp3) is 0.632. The van der Waals surface area contributed by atoms with Crippen molar-refractivity contribution in [2.75, 3.05) is 21.1 Å². The summed E-state index contributed by atoms with van der Waals surface area (Å²) >= 11 is 0. The van der Waals surface area contributed by atoms with Crippen molar-refractivity contribution in [1.29, 1.82) is 0 Å². The van der Waals surface area contributed by atoms with Gasteiger partial charge in [0.1, 0.15) is 5.75 Å². The zero-order valence-corrected chi connectivity index (χ0v) is 14.5. The lowest BCUT2D eigenvalue weighted by molar-refractivity contribution is 0.0363. The van der Waals surface area contributed by atoms with Gasteiger partial charge in [0.25, 0.3) is 0 Å². The predicted octanol–water partition coefficient (Wildman–Crippen LogP) is 4.07. The van der Waals surface area contributed by atoms with Crippen LogP contribution in [-0.4, -0.2) is 43.1 Å². The molecule has 0 spiro atoms. The Morgan fingerprint density at radius 1 is 1.17 bits per heavy atom. The summed E-state index contributed by atoms with van der Waals surface area (Å²) in [6.07, 6.45) is 7.67. The summed E-state index contributed by atoms with van der Waals surface area (Å²) in [5.74, 6) is 1.51. The Labute approximate surface area is 139 Å². The standard InChI is InChI=1S/C19H28N2O2/c1-20(2)19(22)23-16-9-6-8-15(13-16)18-12-11-14-7-4-5-10-17(14)21(18)3/h6,8-9,13-14,17-18H,4-5,7,10-12H2,1-3H3/t14-,17+,18+/m1/s1. The van der Waals surface area contributed by atoms with Gasteiger partial charge >= 0.3 is 6.09 Å². The summed E-state index contributed by atoms with van der Waals surface area (Å²) in [7, 11) is 5.67. The molecule has 2 aliphatic rings. The van der Waals surface area contributed by atoms with Crippen LogP contribution in [0, 0.1) is 5.92 Å². The molecule has 1 saturated carbocycles. The molecule has 3 rings (SSSR count). The van der Waals surface area contributed by atoms with Crippen LogP contribution in [0.4, 0.5) is 4.79 Å². The van der Waals surface area contributed by atoms with Crippen LogP contribution < -0.4 is 4.74 Å². The molecule has 3 atom stereocenters. The van der Waals surface area contributed by atoms with E-state index >= 15 is 0 Å². The van der Waals surface area contributed by atoms with Gasteiger partial charge < -0.3 is 9.64 Å². The van der Waals surface area contributed by atoms with Gasteiger partial charge in [-0.3, -0.25) is 4.90 Å². The first kappa shape index (κ1) is 16.3. The highest BCUT2D eigenvalue weighted by Crippen LogP contribution is 2.42. The van der Waals surface area contributed by atoms with Crippen molar-refractivity contribution in [2.24, 2.45) is 5.92 Å². The number of ether oxygens (including phenoxy) is 1. The van der Waals surface area contributed by atoms with Crippen LogP contribution in [0.1, 0.15) is 50.1 Å². The Morgan fingerprint density at radius 3 is 2.74 bits per heavy atom. The van der Waals surface area contributed by atoms with Gasteiger partial charge in [-0.25, -0.2) is 4.79 Å². The second-order valence-corrected chi connectivity index (χ2v) is 7.21. The number of carbonyl (C=O) groups is 1. The number of piperidine rings is 1. The molecule has 1 aliphatic heterocycles. The topological polar surface area (TPSA) is 32.8 Å². The van der Waals surface area contributed by atoms with Crippen LogP contribution in [0.2, 0.25) is 0 Å². The molecule has 0 bridgehead atoms. The maximum Gasteiger partial charge on any atom is 0.414 e. The highest BCUT2D eigenvalue weighted by Gasteiger charge is 2.36. The number of hydrogen-bond donors (Lipinski definition) is 0. The van der Waals surface area contributed by atoms with Crippen molar-refractivity contribution < 1.29 is 9.53 Å². The van der Waals surface area contributed by atoms with Crippen LogP contribution >= 0.6 is 0 Å². The van der Waals surface area contributed by atoms with Gasteiger partial charge in [0, 0.05) is 26.2 Å². The number of fused-ring (bicyclic) bond motifs is 1. The number of rotatable bonds is 2. The number of hydrogen-bond acceptors (Lipinski definition) is 3. The monoisotopic (exact) mass is 316 g/mol. The Morgan fingerprint density at radius 2 is 1.96 bits per heavy atom. The van der Waals surface area contributed by atoms with E-state index in [4.69, 9.17) is 4.74 Å². The molecule has 4 heteroatoms. The molecule has 0 N–H and O–H groups in total. The molecule has 1 amide bonds. The molecule has 4 nitrogen and oxygen atoms in total. The molecule has 1 saturated heterocycles. The fourth-order valence-electron chi connectivity index (χ4n) is 4.25. The molecule has 0 unspecified atom stereocenters. The predicted molar refractivity (Wildman–Crippen MR) is 91.6 cm³/mol. The molecule has 1 aromatic carbocycles. The maximum absolute atomic E-state index is 11.7. The van der Waals surface area contributed by atoms with E-state index in [-0.39, 0.29) is 6.09 Å². The first-order valence-electron chi connectivity index (χ1n) is 8.77. The van der Waals surface area contributed by atoms with Crippen molar-refractivity contribution in [2.45, 2.75) is 50.6 Å². The average molecular weight is 316 g/mol. The minimum atomic E-state index is -0.327. The summed E-state index contributed by atoms with van der Waals surface area (Å²) in [5, 5.41) is 0. The zero-order chi connectivity index (χ0) is 16.4. The van der Waals surface area contributed by atoms with Crippen LogP contribution in [0.5, 0.6) is 5.75 Å². The number of amides is 1. The quantitative estimate of drug-likeness (QED) is 0.824. The minimum Gasteiger partial charge on any atom is -0.410 e. The van der Waals surface area contributed by atoms with Crippen LogP contribution in [0.3, 0.4) is 0 Å². The van der Waals surface area contributed by atoms with Gasteiger partial charge in [0.2, 0.25) is 0 Å². The molecule has 1 heterocycles. The Hall–Kier alpha value is -1.55. The molecule has 1 aromatic rings. The van der Waals surface area contributed by atoms with E-state index in [0.717, 1.165) is 12.0 Å². The second-order valence-electron chi connectivity index (χ2n) is 7.21. The smallest absolute Gasteiger partial charge is 0.410 e. The van der Waals surface area contributed by atoms with Gasteiger partial charge in [-0.05, 0) is 56.3 Å². The highest BCUT2D eigenvalue weighted by atomic mass is 16.6. The molecule has 1 aliphatic carbocycles. The van der Waals surface area contributed by atoms with E-state index in [1.165, 1.54) is 49.0 Å². The molecule has 2 fully saturated rings. The van der Waals surface area contributed by atoms with Crippen LogP contribution in [0.25, 0.3) is 0 Å². The Kier molecular flexibility index (Phi) is 4.90.